The molecule has 1 heterocycles. The third-order valence-corrected chi connectivity index (χ3v) is 5.08. The molecule has 104 valence electrons. The summed E-state index contributed by atoms with van der Waals surface area (Å²) in [7, 11) is -0.849. The van der Waals surface area contributed by atoms with Gasteiger partial charge in [-0.25, -0.2) is 4.98 Å². The molecule has 19 heavy (non-hydrogen) atoms. The highest BCUT2D eigenvalue weighted by Crippen LogP contribution is 2.22. The van der Waals surface area contributed by atoms with E-state index in [1.807, 2.05) is 25.1 Å². The molecular formula is C13H16BrClN2OS. The molecule has 0 bridgehead atoms. The van der Waals surface area contributed by atoms with Crippen molar-refractivity contribution in [2.24, 2.45) is 0 Å². The molecule has 0 spiro atoms. The number of rotatable bonds is 5. The van der Waals surface area contributed by atoms with E-state index in [4.69, 9.17) is 11.6 Å². The van der Waals surface area contributed by atoms with Crippen LogP contribution in [0, 0.1) is 0 Å². The summed E-state index contributed by atoms with van der Waals surface area (Å²) in [5.74, 6) is 1.49. The fourth-order valence-corrected chi connectivity index (χ4v) is 2.86. The molecule has 0 radical (unpaired) electrons. The summed E-state index contributed by atoms with van der Waals surface area (Å²) in [6, 6.07) is 6.01. The first kappa shape index (κ1) is 15.0. The lowest BCUT2D eigenvalue weighted by molar-refractivity contribution is 0.635. The summed E-state index contributed by atoms with van der Waals surface area (Å²) in [5, 5.41) is 0.0884. The lowest BCUT2D eigenvalue weighted by atomic mass is 10.3. The Labute approximate surface area is 128 Å². The fraction of sp³-hybridized carbons (Fsp3) is 0.462. The Hall–Kier alpha value is -0.390. The topological polar surface area (TPSA) is 34.9 Å². The van der Waals surface area contributed by atoms with Crippen molar-refractivity contribution in [2.75, 3.05) is 12.1 Å². The van der Waals surface area contributed by atoms with Crippen LogP contribution in [0.5, 0.6) is 0 Å². The van der Waals surface area contributed by atoms with Crippen LogP contribution in [-0.2, 0) is 23.8 Å². The van der Waals surface area contributed by atoms with Gasteiger partial charge in [0.1, 0.15) is 5.82 Å². The Balaban J connectivity index is 2.50. The minimum absolute atomic E-state index is 0.0884. The molecule has 0 N–H and O–H groups in total. The van der Waals surface area contributed by atoms with E-state index in [-0.39, 0.29) is 5.25 Å². The molecular weight excluding hydrogens is 348 g/mol. The van der Waals surface area contributed by atoms with Gasteiger partial charge >= 0.3 is 0 Å². The van der Waals surface area contributed by atoms with E-state index >= 15 is 0 Å². The van der Waals surface area contributed by atoms with Crippen LogP contribution in [0.2, 0.25) is 0 Å². The highest BCUT2D eigenvalue weighted by atomic mass is 79.9. The maximum Gasteiger partial charge on any atom is 0.111 e. The second kappa shape index (κ2) is 6.37. The van der Waals surface area contributed by atoms with Gasteiger partial charge < -0.3 is 4.57 Å². The molecule has 3 nitrogen and oxygen atoms in total. The van der Waals surface area contributed by atoms with Crippen molar-refractivity contribution in [1.29, 1.82) is 0 Å². The molecule has 0 aliphatic rings. The number of hydrogen-bond acceptors (Lipinski definition) is 2. The summed E-state index contributed by atoms with van der Waals surface area (Å²) in [6.07, 6.45) is 2.46. The average molecular weight is 364 g/mol. The number of hydrogen-bond donors (Lipinski definition) is 0. The van der Waals surface area contributed by atoms with Gasteiger partial charge in [-0.1, -0.05) is 15.9 Å². The standard InChI is InChI=1S/C13H16BrClN2OS/c1-9(19(2)18)8-17-12-7-10(14)3-4-11(12)16-13(17)5-6-15/h3-4,7,9H,5-6,8H2,1-2H3. The van der Waals surface area contributed by atoms with Gasteiger partial charge in [0.2, 0.25) is 0 Å². The monoisotopic (exact) mass is 362 g/mol. The van der Waals surface area contributed by atoms with Gasteiger partial charge in [0.25, 0.3) is 0 Å². The van der Waals surface area contributed by atoms with E-state index < -0.39 is 10.8 Å². The number of imidazole rings is 1. The quantitative estimate of drug-likeness (QED) is 0.764. The molecule has 6 heteroatoms. The zero-order valence-corrected chi connectivity index (χ0v) is 14.1. The molecule has 0 saturated heterocycles. The number of aryl methyl sites for hydroxylation is 1. The molecule has 1 aromatic heterocycles. The predicted octanol–water partition coefficient (Wildman–Crippen LogP) is 3.35. The first-order chi connectivity index (χ1) is 9.02. The van der Waals surface area contributed by atoms with Crippen LogP contribution >= 0.6 is 27.5 Å². The molecule has 0 aliphatic heterocycles. The number of halogens is 2. The Morgan fingerprint density at radius 1 is 1.53 bits per heavy atom. The second-order valence-electron chi connectivity index (χ2n) is 4.52. The summed E-state index contributed by atoms with van der Waals surface area (Å²) < 4.78 is 14.7. The third kappa shape index (κ3) is 3.38. The minimum Gasteiger partial charge on any atom is -0.327 e. The van der Waals surface area contributed by atoms with Crippen LogP contribution in [-0.4, -0.2) is 31.1 Å². The summed E-state index contributed by atoms with van der Waals surface area (Å²) in [4.78, 5) is 4.61. The summed E-state index contributed by atoms with van der Waals surface area (Å²) in [5.41, 5.74) is 2.02. The van der Waals surface area contributed by atoms with Crippen LogP contribution in [0.3, 0.4) is 0 Å². The van der Waals surface area contributed by atoms with Gasteiger partial charge in [-0.05, 0) is 25.1 Å². The van der Waals surface area contributed by atoms with Crippen molar-refractivity contribution in [3.8, 4) is 0 Å². The van der Waals surface area contributed by atoms with Gasteiger partial charge in [-0.15, -0.1) is 11.6 Å². The van der Waals surface area contributed by atoms with Crippen molar-refractivity contribution < 1.29 is 4.21 Å². The van der Waals surface area contributed by atoms with E-state index in [9.17, 15) is 4.21 Å². The molecule has 0 amide bonds. The molecule has 0 fully saturated rings. The Kier molecular flexibility index (Phi) is 5.03. The lowest BCUT2D eigenvalue weighted by Crippen LogP contribution is -2.19. The maximum absolute atomic E-state index is 11.6. The van der Waals surface area contributed by atoms with E-state index in [0.717, 1.165) is 27.8 Å². The Bertz CT molecular complexity index is 614. The first-order valence-corrected chi connectivity index (χ1v) is 9.00. The first-order valence-electron chi connectivity index (χ1n) is 6.05. The molecule has 0 saturated carbocycles. The minimum atomic E-state index is -0.849. The number of benzene rings is 1. The van der Waals surface area contributed by atoms with Gasteiger partial charge in [0.05, 0.1) is 11.0 Å². The zero-order valence-electron chi connectivity index (χ0n) is 10.9. The molecule has 2 unspecified atom stereocenters. The third-order valence-electron chi connectivity index (χ3n) is 3.11. The molecule has 1 aromatic carbocycles. The van der Waals surface area contributed by atoms with Gasteiger partial charge in [-0.3, -0.25) is 4.21 Å². The van der Waals surface area contributed by atoms with Crippen molar-refractivity contribution in [2.45, 2.75) is 25.1 Å². The second-order valence-corrected chi connectivity index (χ2v) is 7.62. The zero-order chi connectivity index (χ0) is 14.0. The van der Waals surface area contributed by atoms with Crippen molar-refractivity contribution in [1.82, 2.24) is 9.55 Å². The van der Waals surface area contributed by atoms with Crippen LogP contribution < -0.4 is 0 Å². The van der Waals surface area contributed by atoms with Crippen molar-refractivity contribution in [3.05, 3.63) is 28.5 Å². The van der Waals surface area contributed by atoms with Crippen LogP contribution in [0.25, 0.3) is 11.0 Å². The fourth-order valence-electron chi connectivity index (χ4n) is 1.99. The molecule has 2 aromatic rings. The largest absolute Gasteiger partial charge is 0.327 e. The van der Waals surface area contributed by atoms with Gasteiger partial charge in [0.15, 0.2) is 0 Å². The van der Waals surface area contributed by atoms with Crippen molar-refractivity contribution in [3.63, 3.8) is 0 Å². The van der Waals surface area contributed by atoms with Crippen LogP contribution in [0.1, 0.15) is 12.7 Å². The van der Waals surface area contributed by atoms with E-state index in [1.165, 1.54) is 0 Å². The number of nitrogens with zero attached hydrogens (tertiary/aromatic N) is 2. The van der Waals surface area contributed by atoms with Gasteiger partial charge in [0, 0.05) is 45.6 Å². The van der Waals surface area contributed by atoms with Crippen LogP contribution in [0.15, 0.2) is 22.7 Å². The predicted molar refractivity (Wildman–Crippen MR) is 85.4 cm³/mol. The van der Waals surface area contributed by atoms with Crippen molar-refractivity contribution >= 4 is 49.4 Å². The summed E-state index contributed by atoms with van der Waals surface area (Å²) in [6.45, 7) is 2.69. The smallest absolute Gasteiger partial charge is 0.111 e. The summed E-state index contributed by atoms with van der Waals surface area (Å²) >= 11 is 9.33. The number of aromatic nitrogens is 2. The SMILES string of the molecule is CC(Cn1c(CCCl)nc2ccc(Br)cc21)S(C)=O. The normalized spacial score (nSPS) is 14.7. The average Bonchev–Trinajstić information content (AvgIpc) is 2.68. The molecule has 2 rings (SSSR count). The van der Waals surface area contributed by atoms with E-state index in [0.29, 0.717) is 12.4 Å². The number of fused-ring (bicyclic) bond motifs is 1. The lowest BCUT2D eigenvalue weighted by Gasteiger charge is -2.13. The van der Waals surface area contributed by atoms with Gasteiger partial charge in [-0.2, -0.15) is 0 Å². The Morgan fingerprint density at radius 2 is 2.26 bits per heavy atom. The Morgan fingerprint density at radius 3 is 2.89 bits per heavy atom. The molecule has 0 aliphatic carbocycles. The highest BCUT2D eigenvalue weighted by molar-refractivity contribution is 9.10. The maximum atomic E-state index is 11.6. The highest BCUT2D eigenvalue weighted by Gasteiger charge is 2.15. The van der Waals surface area contributed by atoms with E-state index in [1.54, 1.807) is 6.26 Å². The van der Waals surface area contributed by atoms with E-state index in [2.05, 4.69) is 25.5 Å². The number of alkyl halides is 1. The molecule has 2 atom stereocenters. The van der Waals surface area contributed by atoms with Crippen LogP contribution in [0.4, 0.5) is 0 Å².